The summed E-state index contributed by atoms with van der Waals surface area (Å²) in [4.78, 5) is 0. The molecule has 2 aliphatic rings. The average Bonchev–Trinajstić information content (AvgIpc) is 2.67. The van der Waals surface area contributed by atoms with Gasteiger partial charge in [0, 0.05) is 18.9 Å². The van der Waals surface area contributed by atoms with Gasteiger partial charge in [-0.2, -0.15) is 13.2 Å². The molecule has 2 heterocycles. The van der Waals surface area contributed by atoms with Gasteiger partial charge in [-0.15, -0.1) is 10.2 Å². The summed E-state index contributed by atoms with van der Waals surface area (Å²) in [6, 6.07) is 0. The zero-order chi connectivity index (χ0) is 17.3. The number of nitrogens with zero attached hydrogens (tertiary/aromatic N) is 3. The van der Waals surface area contributed by atoms with Gasteiger partial charge in [0.15, 0.2) is 11.7 Å². The molecule has 0 fully saturated rings. The van der Waals surface area contributed by atoms with Crippen LogP contribution < -0.4 is 0 Å². The maximum absolute atomic E-state index is 14.3. The molecular formula is C16H16F5N3. The van der Waals surface area contributed by atoms with Crippen LogP contribution in [0.15, 0.2) is 35.5 Å². The highest BCUT2D eigenvalue weighted by molar-refractivity contribution is 5.37. The standard InChI is InChI=1S/C16H16F5N3/c17-12-6-2-1-5-11(15(12)18)10-4-3-7-13-22-23-14(24(13)9-10)8-16(19,20)21/h2,5-6,10H,1,3-4,7-9H2. The van der Waals surface area contributed by atoms with Gasteiger partial charge in [-0.25, -0.2) is 8.78 Å². The summed E-state index contributed by atoms with van der Waals surface area (Å²) >= 11 is 0. The summed E-state index contributed by atoms with van der Waals surface area (Å²) in [6.45, 7) is 0.125. The van der Waals surface area contributed by atoms with Crippen molar-refractivity contribution in [3.05, 3.63) is 47.1 Å². The summed E-state index contributed by atoms with van der Waals surface area (Å²) < 4.78 is 67.4. The molecule has 0 aromatic carbocycles. The van der Waals surface area contributed by atoms with Crippen molar-refractivity contribution >= 4 is 0 Å². The van der Waals surface area contributed by atoms with Crippen molar-refractivity contribution in [1.82, 2.24) is 14.8 Å². The van der Waals surface area contributed by atoms with Gasteiger partial charge >= 0.3 is 6.18 Å². The van der Waals surface area contributed by atoms with Crippen LogP contribution in [-0.4, -0.2) is 20.9 Å². The van der Waals surface area contributed by atoms with E-state index in [0.29, 0.717) is 31.5 Å². The lowest BCUT2D eigenvalue weighted by Crippen LogP contribution is -2.20. The van der Waals surface area contributed by atoms with Crippen LogP contribution in [0.2, 0.25) is 0 Å². The van der Waals surface area contributed by atoms with E-state index in [1.54, 1.807) is 6.08 Å². The van der Waals surface area contributed by atoms with E-state index in [4.69, 9.17) is 0 Å². The number of alkyl halides is 3. The van der Waals surface area contributed by atoms with Crippen molar-refractivity contribution in [2.24, 2.45) is 5.92 Å². The van der Waals surface area contributed by atoms with Gasteiger partial charge < -0.3 is 4.57 Å². The maximum atomic E-state index is 14.3. The fourth-order valence-corrected chi connectivity index (χ4v) is 3.16. The van der Waals surface area contributed by atoms with E-state index in [1.165, 1.54) is 10.6 Å². The smallest absolute Gasteiger partial charge is 0.314 e. The van der Waals surface area contributed by atoms with Gasteiger partial charge in [-0.1, -0.05) is 12.2 Å². The Morgan fingerprint density at radius 2 is 2.00 bits per heavy atom. The van der Waals surface area contributed by atoms with E-state index >= 15 is 0 Å². The number of rotatable bonds is 2. The molecule has 0 saturated heterocycles. The number of hydrogen-bond acceptors (Lipinski definition) is 2. The zero-order valence-corrected chi connectivity index (χ0v) is 12.8. The van der Waals surface area contributed by atoms with Crippen LogP contribution in [0.1, 0.15) is 30.9 Å². The monoisotopic (exact) mass is 345 g/mol. The van der Waals surface area contributed by atoms with Crippen LogP contribution in [0, 0.1) is 5.92 Å². The molecule has 1 aromatic heterocycles. The number of aromatic nitrogens is 3. The van der Waals surface area contributed by atoms with Crippen LogP contribution in [0.25, 0.3) is 0 Å². The first-order valence-electron chi connectivity index (χ1n) is 7.75. The third-order valence-corrected chi connectivity index (χ3v) is 4.26. The number of fused-ring (bicyclic) bond motifs is 1. The zero-order valence-electron chi connectivity index (χ0n) is 12.8. The maximum Gasteiger partial charge on any atom is 0.396 e. The lowest BCUT2D eigenvalue weighted by atomic mass is 9.92. The highest BCUT2D eigenvalue weighted by Gasteiger charge is 2.33. The molecule has 0 spiro atoms. The van der Waals surface area contributed by atoms with Crippen LogP contribution in [0.4, 0.5) is 22.0 Å². The van der Waals surface area contributed by atoms with Crippen molar-refractivity contribution in [1.29, 1.82) is 0 Å². The first-order valence-corrected chi connectivity index (χ1v) is 7.75. The number of hydrogen-bond donors (Lipinski definition) is 0. The second-order valence-electron chi connectivity index (χ2n) is 5.98. The normalized spacial score (nSPS) is 22.0. The first kappa shape index (κ1) is 16.9. The molecule has 0 radical (unpaired) electrons. The second kappa shape index (κ2) is 6.49. The van der Waals surface area contributed by atoms with E-state index in [2.05, 4.69) is 10.2 Å². The fraction of sp³-hybridized carbons (Fsp3) is 0.500. The minimum absolute atomic E-state index is 0.125. The van der Waals surface area contributed by atoms with E-state index in [1.807, 2.05) is 0 Å². The van der Waals surface area contributed by atoms with Gasteiger partial charge in [0.25, 0.3) is 0 Å². The van der Waals surface area contributed by atoms with Crippen molar-refractivity contribution in [3.63, 3.8) is 0 Å². The minimum Gasteiger partial charge on any atom is -0.314 e. The third-order valence-electron chi connectivity index (χ3n) is 4.26. The van der Waals surface area contributed by atoms with Crippen LogP contribution >= 0.6 is 0 Å². The molecule has 3 nitrogen and oxygen atoms in total. The molecule has 0 N–H and O–H groups in total. The molecule has 0 bridgehead atoms. The largest absolute Gasteiger partial charge is 0.396 e. The predicted octanol–water partition coefficient (Wildman–Crippen LogP) is 4.37. The third kappa shape index (κ3) is 3.57. The Hall–Kier alpha value is -1.99. The van der Waals surface area contributed by atoms with E-state index in [-0.39, 0.29) is 17.9 Å². The minimum atomic E-state index is -4.39. The van der Waals surface area contributed by atoms with Gasteiger partial charge in [0.1, 0.15) is 18.1 Å². The summed E-state index contributed by atoms with van der Waals surface area (Å²) in [5, 5.41) is 7.47. The molecule has 8 heteroatoms. The quantitative estimate of drug-likeness (QED) is 0.745. The lowest BCUT2D eigenvalue weighted by molar-refractivity contribution is -0.129. The topological polar surface area (TPSA) is 30.7 Å². The van der Waals surface area contributed by atoms with Crippen molar-refractivity contribution < 1.29 is 22.0 Å². The Kier molecular flexibility index (Phi) is 4.56. The predicted molar refractivity (Wildman–Crippen MR) is 77.3 cm³/mol. The number of halogens is 5. The SMILES string of the molecule is FC1=C(F)C(C2CCCc3nnc(CC(F)(F)F)n3C2)=CCC=C1. The highest BCUT2D eigenvalue weighted by atomic mass is 19.4. The molecule has 0 amide bonds. The Morgan fingerprint density at radius 3 is 2.75 bits per heavy atom. The Labute approximate surface area is 135 Å². The molecule has 24 heavy (non-hydrogen) atoms. The van der Waals surface area contributed by atoms with E-state index in [0.717, 1.165) is 6.08 Å². The highest BCUT2D eigenvalue weighted by Crippen LogP contribution is 2.34. The summed E-state index contributed by atoms with van der Waals surface area (Å²) in [5.41, 5.74) is 0.219. The first-order chi connectivity index (χ1) is 11.3. The van der Waals surface area contributed by atoms with Crippen molar-refractivity contribution in [3.8, 4) is 0 Å². The fourth-order valence-electron chi connectivity index (χ4n) is 3.16. The second-order valence-corrected chi connectivity index (χ2v) is 5.98. The van der Waals surface area contributed by atoms with Gasteiger partial charge in [0.05, 0.1) is 0 Å². The van der Waals surface area contributed by atoms with Crippen LogP contribution in [0.5, 0.6) is 0 Å². The summed E-state index contributed by atoms with van der Waals surface area (Å²) in [5.74, 6) is -1.99. The summed E-state index contributed by atoms with van der Waals surface area (Å²) in [7, 11) is 0. The molecule has 0 saturated carbocycles. The molecular weight excluding hydrogens is 329 g/mol. The van der Waals surface area contributed by atoms with Gasteiger partial charge in [-0.3, -0.25) is 0 Å². The Balaban J connectivity index is 1.91. The van der Waals surface area contributed by atoms with Crippen molar-refractivity contribution in [2.75, 3.05) is 0 Å². The van der Waals surface area contributed by atoms with Crippen molar-refractivity contribution in [2.45, 2.75) is 44.8 Å². The summed E-state index contributed by atoms with van der Waals surface area (Å²) in [6.07, 6.45) is 0.663. The lowest BCUT2D eigenvalue weighted by Gasteiger charge is -2.19. The average molecular weight is 345 g/mol. The van der Waals surface area contributed by atoms with Gasteiger partial charge in [0.2, 0.25) is 0 Å². The molecule has 1 aliphatic carbocycles. The Morgan fingerprint density at radius 1 is 1.21 bits per heavy atom. The molecule has 130 valence electrons. The Bertz CT molecular complexity index is 712. The molecule has 1 unspecified atom stereocenters. The molecule has 1 aromatic rings. The van der Waals surface area contributed by atoms with E-state index < -0.39 is 30.2 Å². The van der Waals surface area contributed by atoms with Crippen LogP contribution in [-0.2, 0) is 19.4 Å². The molecule has 1 aliphatic heterocycles. The molecule has 1 atom stereocenters. The van der Waals surface area contributed by atoms with E-state index in [9.17, 15) is 22.0 Å². The number of allylic oxidation sites excluding steroid dienone is 6. The van der Waals surface area contributed by atoms with Gasteiger partial charge in [-0.05, 0) is 30.9 Å². The number of aryl methyl sites for hydroxylation is 1. The van der Waals surface area contributed by atoms with Crippen LogP contribution in [0.3, 0.4) is 0 Å². The molecule has 3 rings (SSSR count).